The number of aryl methyl sites for hydroxylation is 1. The Bertz CT molecular complexity index is 614. The lowest BCUT2D eigenvalue weighted by atomic mass is 10.2. The Morgan fingerprint density at radius 2 is 1.73 bits per heavy atom. The van der Waals surface area contributed by atoms with Gasteiger partial charge in [-0.05, 0) is 18.1 Å². The van der Waals surface area contributed by atoms with E-state index in [-0.39, 0.29) is 0 Å². The van der Waals surface area contributed by atoms with Crippen LogP contribution >= 0.6 is 0 Å². The maximum absolute atomic E-state index is 4.62. The first-order chi connectivity index (χ1) is 10.8. The third-order valence-corrected chi connectivity index (χ3v) is 4.01. The van der Waals surface area contributed by atoms with E-state index in [0.717, 1.165) is 32.7 Å². The lowest BCUT2D eigenvalue weighted by Crippen LogP contribution is -2.43. The van der Waals surface area contributed by atoms with Gasteiger partial charge in [0, 0.05) is 32.7 Å². The molecule has 0 N–H and O–H groups in total. The van der Waals surface area contributed by atoms with Crippen molar-refractivity contribution in [3.63, 3.8) is 0 Å². The minimum atomic E-state index is 0.995. The molecule has 22 heavy (non-hydrogen) atoms. The van der Waals surface area contributed by atoms with Gasteiger partial charge in [-0.25, -0.2) is 0 Å². The van der Waals surface area contributed by atoms with Crippen molar-refractivity contribution in [3.8, 4) is 0 Å². The fraction of sp³-hybridized carbons (Fsp3) is 0.316. The first-order valence-electron chi connectivity index (χ1n) is 7.91. The number of benzene rings is 2. The van der Waals surface area contributed by atoms with E-state index in [1.807, 2.05) is 6.21 Å². The quantitative estimate of drug-likeness (QED) is 0.807. The Hall–Kier alpha value is -2.13. The molecule has 3 rings (SSSR count). The van der Waals surface area contributed by atoms with Gasteiger partial charge in [0.2, 0.25) is 0 Å². The van der Waals surface area contributed by atoms with Crippen LogP contribution in [0.3, 0.4) is 0 Å². The molecule has 0 saturated carbocycles. The highest BCUT2D eigenvalue weighted by atomic mass is 15.5. The van der Waals surface area contributed by atoms with Crippen LogP contribution in [0.4, 0.5) is 0 Å². The highest BCUT2D eigenvalue weighted by Crippen LogP contribution is 2.09. The third kappa shape index (κ3) is 4.18. The zero-order valence-corrected chi connectivity index (χ0v) is 13.2. The average molecular weight is 293 g/mol. The largest absolute Gasteiger partial charge is 0.295 e. The molecule has 0 amide bonds. The SMILES string of the molecule is Cc1cccc(/C=N\N2CCN(Cc3ccccc3)CC2)c1. The third-order valence-electron chi connectivity index (χ3n) is 4.01. The molecule has 0 radical (unpaired) electrons. The van der Waals surface area contributed by atoms with Gasteiger partial charge in [-0.15, -0.1) is 0 Å². The van der Waals surface area contributed by atoms with Crippen LogP contribution in [0.5, 0.6) is 0 Å². The Morgan fingerprint density at radius 1 is 0.955 bits per heavy atom. The zero-order valence-electron chi connectivity index (χ0n) is 13.2. The molecule has 3 nitrogen and oxygen atoms in total. The van der Waals surface area contributed by atoms with Gasteiger partial charge in [0.25, 0.3) is 0 Å². The van der Waals surface area contributed by atoms with Crippen LogP contribution in [0.15, 0.2) is 59.7 Å². The van der Waals surface area contributed by atoms with Crippen LogP contribution in [-0.2, 0) is 6.54 Å². The van der Waals surface area contributed by atoms with E-state index in [9.17, 15) is 0 Å². The molecule has 1 aliphatic heterocycles. The Labute approximate surface area is 132 Å². The van der Waals surface area contributed by atoms with Gasteiger partial charge in [-0.1, -0.05) is 60.2 Å². The molecule has 0 aromatic heterocycles. The predicted octanol–water partition coefficient (Wildman–Crippen LogP) is 3.15. The molecule has 0 aliphatic carbocycles. The van der Waals surface area contributed by atoms with Crippen molar-refractivity contribution in [2.24, 2.45) is 5.10 Å². The van der Waals surface area contributed by atoms with Gasteiger partial charge in [-0.2, -0.15) is 5.10 Å². The summed E-state index contributed by atoms with van der Waals surface area (Å²) in [4.78, 5) is 2.49. The molecule has 0 spiro atoms. The summed E-state index contributed by atoms with van der Waals surface area (Å²) in [5.74, 6) is 0. The van der Waals surface area contributed by atoms with Crippen molar-refractivity contribution in [3.05, 3.63) is 71.3 Å². The van der Waals surface area contributed by atoms with E-state index in [2.05, 4.69) is 76.5 Å². The highest BCUT2D eigenvalue weighted by molar-refractivity contribution is 5.79. The maximum Gasteiger partial charge on any atom is 0.0543 e. The number of nitrogens with zero attached hydrogens (tertiary/aromatic N) is 3. The lowest BCUT2D eigenvalue weighted by Gasteiger charge is -2.33. The molecule has 3 heteroatoms. The summed E-state index contributed by atoms with van der Waals surface area (Å²) in [5.41, 5.74) is 3.84. The number of rotatable bonds is 4. The van der Waals surface area contributed by atoms with Crippen molar-refractivity contribution in [1.29, 1.82) is 0 Å². The number of hydrogen-bond donors (Lipinski definition) is 0. The minimum Gasteiger partial charge on any atom is -0.295 e. The molecule has 1 saturated heterocycles. The van der Waals surface area contributed by atoms with Gasteiger partial charge < -0.3 is 0 Å². The second kappa shape index (κ2) is 7.23. The van der Waals surface area contributed by atoms with E-state index in [4.69, 9.17) is 0 Å². The monoisotopic (exact) mass is 293 g/mol. The van der Waals surface area contributed by atoms with E-state index in [1.165, 1.54) is 16.7 Å². The standard InChI is InChI=1S/C19H23N3/c1-17-6-5-9-19(14-17)15-20-22-12-10-21(11-13-22)16-18-7-3-2-4-8-18/h2-9,14-15H,10-13,16H2,1H3/b20-15-. The van der Waals surface area contributed by atoms with Gasteiger partial charge in [0.1, 0.15) is 0 Å². The molecule has 1 aliphatic rings. The molecule has 0 atom stereocenters. The summed E-state index contributed by atoms with van der Waals surface area (Å²) >= 11 is 0. The summed E-state index contributed by atoms with van der Waals surface area (Å²) in [6.45, 7) is 7.28. The Balaban J connectivity index is 1.49. The normalized spacial score (nSPS) is 16.3. The maximum atomic E-state index is 4.62. The van der Waals surface area contributed by atoms with Gasteiger partial charge in [0.15, 0.2) is 0 Å². The lowest BCUT2D eigenvalue weighted by molar-refractivity contribution is 0.131. The Kier molecular flexibility index (Phi) is 4.86. The molecule has 2 aromatic rings. The fourth-order valence-electron chi connectivity index (χ4n) is 2.75. The van der Waals surface area contributed by atoms with Gasteiger partial charge in [-0.3, -0.25) is 9.91 Å². The number of hydrazone groups is 1. The second-order valence-electron chi connectivity index (χ2n) is 5.87. The number of hydrogen-bond acceptors (Lipinski definition) is 3. The van der Waals surface area contributed by atoms with E-state index in [0.29, 0.717) is 0 Å². The number of piperazine rings is 1. The first kappa shape index (κ1) is 14.8. The van der Waals surface area contributed by atoms with Crippen LogP contribution in [0.1, 0.15) is 16.7 Å². The minimum absolute atomic E-state index is 0.995. The van der Waals surface area contributed by atoms with E-state index < -0.39 is 0 Å². The Morgan fingerprint density at radius 3 is 2.45 bits per heavy atom. The zero-order chi connectivity index (χ0) is 15.2. The van der Waals surface area contributed by atoms with Crippen LogP contribution in [-0.4, -0.2) is 42.3 Å². The predicted molar refractivity (Wildman–Crippen MR) is 92.1 cm³/mol. The smallest absolute Gasteiger partial charge is 0.0543 e. The van der Waals surface area contributed by atoms with Crippen LogP contribution < -0.4 is 0 Å². The van der Waals surface area contributed by atoms with Crippen molar-refractivity contribution in [1.82, 2.24) is 9.91 Å². The molecule has 1 fully saturated rings. The molecular formula is C19H23N3. The summed E-state index contributed by atoms with van der Waals surface area (Å²) in [5, 5.41) is 6.79. The van der Waals surface area contributed by atoms with E-state index >= 15 is 0 Å². The van der Waals surface area contributed by atoms with Crippen molar-refractivity contribution >= 4 is 6.21 Å². The summed E-state index contributed by atoms with van der Waals surface area (Å²) < 4.78 is 0. The molecule has 2 aromatic carbocycles. The molecule has 0 bridgehead atoms. The van der Waals surface area contributed by atoms with Crippen molar-refractivity contribution in [2.75, 3.05) is 26.2 Å². The molecule has 0 unspecified atom stereocenters. The van der Waals surface area contributed by atoms with Crippen LogP contribution in [0.2, 0.25) is 0 Å². The topological polar surface area (TPSA) is 18.8 Å². The summed E-state index contributed by atoms with van der Waals surface area (Å²) in [6, 6.07) is 19.1. The van der Waals surface area contributed by atoms with Crippen LogP contribution in [0.25, 0.3) is 0 Å². The molecular weight excluding hydrogens is 270 g/mol. The molecule has 1 heterocycles. The highest BCUT2D eigenvalue weighted by Gasteiger charge is 2.15. The van der Waals surface area contributed by atoms with Gasteiger partial charge >= 0.3 is 0 Å². The van der Waals surface area contributed by atoms with Crippen molar-refractivity contribution < 1.29 is 0 Å². The van der Waals surface area contributed by atoms with E-state index in [1.54, 1.807) is 0 Å². The average Bonchev–Trinajstić information content (AvgIpc) is 2.55. The first-order valence-corrected chi connectivity index (χ1v) is 7.91. The van der Waals surface area contributed by atoms with Gasteiger partial charge in [0.05, 0.1) is 6.21 Å². The summed E-state index contributed by atoms with van der Waals surface area (Å²) in [7, 11) is 0. The fourth-order valence-corrected chi connectivity index (χ4v) is 2.75. The molecule has 114 valence electrons. The summed E-state index contributed by atoms with van der Waals surface area (Å²) in [6.07, 6.45) is 1.97. The van der Waals surface area contributed by atoms with Crippen LogP contribution in [0, 0.1) is 6.92 Å². The second-order valence-corrected chi connectivity index (χ2v) is 5.87. The van der Waals surface area contributed by atoms with Crippen molar-refractivity contribution in [2.45, 2.75) is 13.5 Å².